The third kappa shape index (κ3) is 3.46. The summed E-state index contributed by atoms with van der Waals surface area (Å²) in [5.74, 6) is -0.176. The molecule has 0 aliphatic carbocycles. The van der Waals surface area contributed by atoms with E-state index in [1.165, 1.54) is 0 Å². The van der Waals surface area contributed by atoms with Crippen LogP contribution < -0.4 is 5.73 Å². The molecule has 2 saturated heterocycles. The van der Waals surface area contributed by atoms with Crippen LogP contribution in [-0.4, -0.2) is 53.2 Å². The number of hydrogen-bond donors (Lipinski definition) is 1. The van der Waals surface area contributed by atoms with Gasteiger partial charge in [0, 0.05) is 38.0 Å². The summed E-state index contributed by atoms with van der Waals surface area (Å²) in [6.07, 6.45) is 1.15. The van der Waals surface area contributed by atoms with Gasteiger partial charge >= 0.3 is 0 Å². The minimum Gasteiger partial charge on any atom is -0.370 e. The maximum absolute atomic E-state index is 13.3. The quantitative estimate of drug-likeness (QED) is 0.883. The van der Waals surface area contributed by atoms with Crippen molar-refractivity contribution >= 4 is 28.5 Å². The van der Waals surface area contributed by atoms with Crippen LogP contribution in [0.5, 0.6) is 0 Å². The van der Waals surface area contributed by atoms with Gasteiger partial charge in [0.1, 0.15) is 0 Å². The highest BCUT2D eigenvalue weighted by Crippen LogP contribution is 2.32. The maximum atomic E-state index is 13.3. The highest BCUT2D eigenvalue weighted by Gasteiger charge is 2.42. The van der Waals surface area contributed by atoms with Gasteiger partial charge in [-0.15, -0.1) is 0 Å². The molecule has 0 radical (unpaired) electrons. The van der Waals surface area contributed by atoms with Gasteiger partial charge in [-0.3, -0.25) is 14.4 Å². The molecule has 28 heavy (non-hydrogen) atoms. The van der Waals surface area contributed by atoms with Gasteiger partial charge in [0.25, 0.3) is 5.91 Å². The van der Waals surface area contributed by atoms with Crippen molar-refractivity contribution in [3.63, 3.8) is 0 Å². The molecule has 0 saturated carbocycles. The number of piperidine rings is 1. The van der Waals surface area contributed by atoms with E-state index in [1.807, 2.05) is 36.1 Å². The zero-order valence-electron chi connectivity index (χ0n) is 16.1. The Labute approximate surface area is 164 Å². The highest BCUT2D eigenvalue weighted by atomic mass is 16.2. The molecule has 2 aliphatic heterocycles. The normalized spacial score (nSPS) is 21.2. The highest BCUT2D eigenvalue weighted by molar-refractivity contribution is 6.00. The molecule has 2 unspecified atom stereocenters. The molecule has 0 aromatic heterocycles. The summed E-state index contributed by atoms with van der Waals surface area (Å²) in [7, 11) is 0. The van der Waals surface area contributed by atoms with Crippen LogP contribution in [0.25, 0.3) is 10.8 Å². The van der Waals surface area contributed by atoms with Crippen molar-refractivity contribution in [3.05, 3.63) is 47.5 Å². The summed E-state index contributed by atoms with van der Waals surface area (Å²) < 4.78 is 0. The third-order valence-electron chi connectivity index (χ3n) is 5.93. The first-order valence-corrected chi connectivity index (χ1v) is 9.79. The zero-order valence-corrected chi connectivity index (χ0v) is 16.1. The Morgan fingerprint density at radius 2 is 1.75 bits per heavy atom. The van der Waals surface area contributed by atoms with Crippen LogP contribution in [-0.2, 0) is 9.59 Å². The van der Waals surface area contributed by atoms with Gasteiger partial charge in [-0.2, -0.15) is 0 Å². The predicted molar refractivity (Wildman–Crippen MR) is 107 cm³/mol. The van der Waals surface area contributed by atoms with Crippen LogP contribution in [0, 0.1) is 12.8 Å². The number of likely N-dealkylation sites (tertiary alicyclic amines) is 2. The molecular weight excluding hydrogens is 354 g/mol. The number of carbonyl (C=O) groups is 3. The number of nitrogens with two attached hydrogens (primary N) is 1. The van der Waals surface area contributed by atoms with Crippen molar-refractivity contribution in [1.29, 1.82) is 0 Å². The predicted octanol–water partition coefficient (Wildman–Crippen LogP) is 2.09. The summed E-state index contributed by atoms with van der Waals surface area (Å²) in [4.78, 5) is 40.4. The molecule has 2 bridgehead atoms. The van der Waals surface area contributed by atoms with Gasteiger partial charge in [0.2, 0.25) is 11.8 Å². The maximum Gasteiger partial charge on any atom is 0.254 e. The van der Waals surface area contributed by atoms with Gasteiger partial charge in [0.15, 0.2) is 0 Å². The standard InChI is InChI=1S/C22H25N3O3/c1-14-8-16-4-2-3-5-17(16)10-19(14)22(28)25-12-15-9-18(25)13-24(11-15)21(27)7-6-20(23)26/h2-5,8,10,15,18H,6-7,9,11-13H2,1H3,(H2,23,26). The van der Waals surface area contributed by atoms with E-state index < -0.39 is 5.91 Å². The number of amides is 3. The molecule has 2 aromatic rings. The SMILES string of the molecule is Cc1cc2ccccc2cc1C(=O)N1CC2CC1CN(C(=O)CCC(N)=O)C2. The summed E-state index contributed by atoms with van der Waals surface area (Å²) in [6.45, 7) is 3.83. The molecule has 6 heteroatoms. The number of primary amides is 1. The van der Waals surface area contributed by atoms with Gasteiger partial charge in [-0.05, 0) is 41.7 Å². The number of aryl methyl sites for hydroxylation is 1. The van der Waals surface area contributed by atoms with Crippen molar-refractivity contribution in [2.24, 2.45) is 11.7 Å². The van der Waals surface area contributed by atoms with E-state index in [9.17, 15) is 14.4 Å². The molecular formula is C22H25N3O3. The Morgan fingerprint density at radius 1 is 1.04 bits per heavy atom. The number of nitrogens with zero attached hydrogens (tertiary/aromatic N) is 2. The summed E-state index contributed by atoms with van der Waals surface area (Å²) in [5, 5.41) is 2.19. The average molecular weight is 379 g/mol. The van der Waals surface area contributed by atoms with E-state index in [4.69, 9.17) is 5.73 Å². The smallest absolute Gasteiger partial charge is 0.254 e. The number of rotatable bonds is 4. The van der Waals surface area contributed by atoms with Crippen LogP contribution in [0.2, 0.25) is 0 Å². The van der Waals surface area contributed by atoms with Gasteiger partial charge in [0.05, 0.1) is 6.04 Å². The van der Waals surface area contributed by atoms with Crippen molar-refractivity contribution in [2.45, 2.75) is 32.2 Å². The van der Waals surface area contributed by atoms with E-state index >= 15 is 0 Å². The number of fused-ring (bicyclic) bond motifs is 3. The molecule has 2 atom stereocenters. The first-order chi connectivity index (χ1) is 13.4. The molecule has 2 heterocycles. The molecule has 2 aliphatic rings. The Balaban J connectivity index is 1.52. The third-order valence-corrected chi connectivity index (χ3v) is 5.93. The average Bonchev–Trinajstić information content (AvgIpc) is 2.98. The van der Waals surface area contributed by atoms with Gasteiger partial charge < -0.3 is 15.5 Å². The van der Waals surface area contributed by atoms with E-state index in [-0.39, 0.29) is 30.7 Å². The van der Waals surface area contributed by atoms with Crippen molar-refractivity contribution in [3.8, 4) is 0 Å². The lowest BCUT2D eigenvalue weighted by Crippen LogP contribution is -2.46. The van der Waals surface area contributed by atoms with E-state index in [0.717, 1.165) is 28.3 Å². The van der Waals surface area contributed by atoms with Crippen LogP contribution in [0.4, 0.5) is 0 Å². The van der Waals surface area contributed by atoms with Crippen LogP contribution in [0.15, 0.2) is 36.4 Å². The zero-order chi connectivity index (χ0) is 19.8. The van der Waals surface area contributed by atoms with Crippen LogP contribution >= 0.6 is 0 Å². The Bertz CT molecular complexity index is 955. The fraction of sp³-hybridized carbons (Fsp3) is 0.409. The molecule has 2 fully saturated rings. The van der Waals surface area contributed by atoms with Crippen LogP contribution in [0.3, 0.4) is 0 Å². The second kappa shape index (κ2) is 7.26. The molecule has 146 valence electrons. The topological polar surface area (TPSA) is 83.7 Å². The minimum atomic E-state index is -0.461. The van der Waals surface area contributed by atoms with Crippen molar-refractivity contribution in [2.75, 3.05) is 19.6 Å². The molecule has 2 N–H and O–H groups in total. The van der Waals surface area contributed by atoms with Crippen molar-refractivity contribution in [1.82, 2.24) is 9.80 Å². The fourth-order valence-electron chi connectivity index (χ4n) is 4.54. The second-order valence-corrected chi connectivity index (χ2v) is 7.99. The second-order valence-electron chi connectivity index (χ2n) is 7.99. The molecule has 6 nitrogen and oxygen atoms in total. The van der Waals surface area contributed by atoms with E-state index in [0.29, 0.717) is 25.6 Å². The monoisotopic (exact) mass is 379 g/mol. The van der Waals surface area contributed by atoms with Gasteiger partial charge in [-0.1, -0.05) is 30.3 Å². The first-order valence-electron chi connectivity index (χ1n) is 9.79. The Kier molecular flexibility index (Phi) is 4.79. The van der Waals surface area contributed by atoms with E-state index in [2.05, 4.69) is 12.1 Å². The lowest BCUT2D eigenvalue weighted by atomic mass is 9.99. The number of hydrogen-bond acceptors (Lipinski definition) is 3. The summed E-state index contributed by atoms with van der Waals surface area (Å²) >= 11 is 0. The molecule has 2 aromatic carbocycles. The van der Waals surface area contributed by atoms with Gasteiger partial charge in [-0.25, -0.2) is 0 Å². The minimum absolute atomic E-state index is 0.0367. The summed E-state index contributed by atoms with van der Waals surface area (Å²) in [6, 6.07) is 12.1. The summed E-state index contributed by atoms with van der Waals surface area (Å²) in [5.41, 5.74) is 6.86. The molecule has 4 rings (SSSR count). The lowest BCUT2D eigenvalue weighted by molar-refractivity contribution is -0.134. The molecule has 0 spiro atoms. The van der Waals surface area contributed by atoms with Crippen LogP contribution in [0.1, 0.15) is 35.2 Å². The number of carbonyl (C=O) groups excluding carboxylic acids is 3. The lowest BCUT2D eigenvalue weighted by Gasteiger charge is -2.33. The first kappa shape index (κ1) is 18.5. The van der Waals surface area contributed by atoms with Crippen molar-refractivity contribution < 1.29 is 14.4 Å². The Morgan fingerprint density at radius 3 is 2.46 bits per heavy atom. The van der Waals surface area contributed by atoms with E-state index in [1.54, 1.807) is 4.90 Å². The Hall–Kier alpha value is -2.89. The number of benzene rings is 2. The molecule has 3 amide bonds. The fourth-order valence-corrected chi connectivity index (χ4v) is 4.54. The largest absolute Gasteiger partial charge is 0.370 e.